The number of hydrogen-bond acceptors (Lipinski definition) is 5. The van der Waals surface area contributed by atoms with Gasteiger partial charge in [-0.2, -0.15) is 5.10 Å². The molecule has 3 N–H and O–H groups in total. The summed E-state index contributed by atoms with van der Waals surface area (Å²) in [5.41, 5.74) is 6.74. The summed E-state index contributed by atoms with van der Waals surface area (Å²) in [6.07, 6.45) is 2.11. The van der Waals surface area contributed by atoms with E-state index in [0.717, 1.165) is 16.8 Å². The van der Waals surface area contributed by atoms with Gasteiger partial charge < -0.3 is 15.4 Å². The van der Waals surface area contributed by atoms with Crippen LogP contribution in [0.5, 0.6) is 5.75 Å². The van der Waals surface area contributed by atoms with Gasteiger partial charge in [0.15, 0.2) is 0 Å². The molecule has 0 aromatic heterocycles. The Morgan fingerprint density at radius 3 is 2.44 bits per heavy atom. The number of hydrogen-bond donors (Lipinski definition) is 3. The number of nitrogens with zero attached hydrogens (tertiary/aromatic N) is 1. The van der Waals surface area contributed by atoms with Crippen LogP contribution >= 0.6 is 0 Å². The van der Waals surface area contributed by atoms with Crippen LogP contribution in [0, 0.1) is 6.92 Å². The van der Waals surface area contributed by atoms with E-state index in [2.05, 4.69) is 21.2 Å². The third-order valence-electron chi connectivity index (χ3n) is 4.80. The number of para-hydroxylation sites is 2. The Morgan fingerprint density at radius 1 is 0.938 bits per heavy atom. The van der Waals surface area contributed by atoms with Crippen molar-refractivity contribution >= 4 is 29.4 Å². The van der Waals surface area contributed by atoms with Crippen molar-refractivity contribution < 1.29 is 14.3 Å². The standard InChI is InChI=1S/C25H26N4O3/c1-18-9-6-7-13-21(18)28-23-20(12-8-14-22(23)32-2)17-27-29-25(31)24(30)26-16-15-19-10-4-3-5-11-19/h3-14,17,28H,15-16H2,1-2H3,(H,26,30)(H,29,31)/b27-17-. The zero-order valence-electron chi connectivity index (χ0n) is 18.1. The second-order valence-corrected chi connectivity index (χ2v) is 7.06. The third kappa shape index (κ3) is 6.18. The number of carbonyl (C=O) groups excluding carboxylic acids is 2. The minimum Gasteiger partial charge on any atom is -0.495 e. The minimum atomic E-state index is -0.828. The second kappa shape index (κ2) is 11.3. The van der Waals surface area contributed by atoms with Gasteiger partial charge in [-0.3, -0.25) is 9.59 Å². The normalized spacial score (nSPS) is 10.6. The average Bonchev–Trinajstić information content (AvgIpc) is 2.81. The van der Waals surface area contributed by atoms with E-state index in [1.54, 1.807) is 7.11 Å². The highest BCUT2D eigenvalue weighted by Crippen LogP contribution is 2.31. The Morgan fingerprint density at radius 2 is 1.69 bits per heavy atom. The van der Waals surface area contributed by atoms with E-state index in [-0.39, 0.29) is 0 Å². The highest BCUT2D eigenvalue weighted by atomic mass is 16.5. The van der Waals surface area contributed by atoms with Crippen LogP contribution in [0.3, 0.4) is 0 Å². The van der Waals surface area contributed by atoms with E-state index < -0.39 is 11.8 Å². The summed E-state index contributed by atoms with van der Waals surface area (Å²) in [4.78, 5) is 24.0. The Balaban J connectivity index is 1.61. The van der Waals surface area contributed by atoms with Gasteiger partial charge in [0.25, 0.3) is 0 Å². The Kier molecular flexibility index (Phi) is 7.97. The average molecular weight is 431 g/mol. The lowest BCUT2D eigenvalue weighted by Gasteiger charge is -2.15. The number of anilines is 2. The van der Waals surface area contributed by atoms with Crippen LogP contribution in [0.15, 0.2) is 77.9 Å². The summed E-state index contributed by atoms with van der Waals surface area (Å²) in [5.74, 6) is -0.935. The zero-order valence-corrected chi connectivity index (χ0v) is 18.1. The molecule has 0 heterocycles. The number of nitrogens with one attached hydrogen (secondary N) is 3. The number of rotatable bonds is 8. The first-order chi connectivity index (χ1) is 15.6. The van der Waals surface area contributed by atoms with Crippen LogP contribution in [-0.4, -0.2) is 31.7 Å². The van der Waals surface area contributed by atoms with Gasteiger partial charge in [0.1, 0.15) is 5.75 Å². The van der Waals surface area contributed by atoms with Crippen molar-refractivity contribution in [1.29, 1.82) is 0 Å². The SMILES string of the molecule is COc1cccc(/C=N\NC(=O)C(=O)NCCc2ccccc2)c1Nc1ccccc1C. The fourth-order valence-electron chi connectivity index (χ4n) is 3.06. The highest BCUT2D eigenvalue weighted by molar-refractivity contribution is 6.35. The van der Waals surface area contributed by atoms with Gasteiger partial charge in [-0.25, -0.2) is 5.43 Å². The van der Waals surface area contributed by atoms with E-state index in [1.807, 2.05) is 79.7 Å². The number of carbonyl (C=O) groups is 2. The predicted molar refractivity (Wildman–Crippen MR) is 126 cm³/mol. The predicted octanol–water partition coefficient (Wildman–Crippen LogP) is 3.56. The first-order valence-corrected chi connectivity index (χ1v) is 10.2. The molecule has 2 amide bonds. The smallest absolute Gasteiger partial charge is 0.329 e. The first-order valence-electron chi connectivity index (χ1n) is 10.2. The van der Waals surface area contributed by atoms with E-state index in [0.29, 0.717) is 30.0 Å². The number of amides is 2. The van der Waals surface area contributed by atoms with Gasteiger partial charge in [-0.1, -0.05) is 60.7 Å². The summed E-state index contributed by atoms with van der Waals surface area (Å²) in [6.45, 7) is 2.36. The van der Waals surface area contributed by atoms with Crippen LogP contribution in [0.1, 0.15) is 16.7 Å². The molecule has 3 rings (SSSR count). The number of benzene rings is 3. The number of hydrazone groups is 1. The van der Waals surface area contributed by atoms with Crippen molar-refractivity contribution in [3.63, 3.8) is 0 Å². The molecule has 0 aliphatic carbocycles. The van der Waals surface area contributed by atoms with Gasteiger partial charge in [-0.05, 0) is 36.6 Å². The molecule has 0 radical (unpaired) electrons. The zero-order chi connectivity index (χ0) is 22.8. The van der Waals surface area contributed by atoms with Crippen molar-refractivity contribution in [3.05, 3.63) is 89.5 Å². The molecule has 3 aromatic rings. The molecule has 0 saturated heterocycles. The van der Waals surface area contributed by atoms with Gasteiger partial charge >= 0.3 is 11.8 Å². The third-order valence-corrected chi connectivity index (χ3v) is 4.80. The molecule has 164 valence electrons. The Labute approximate surface area is 187 Å². The molecular weight excluding hydrogens is 404 g/mol. The second-order valence-electron chi connectivity index (χ2n) is 7.06. The molecule has 0 fully saturated rings. The van der Waals surface area contributed by atoms with E-state index in [9.17, 15) is 9.59 Å². The van der Waals surface area contributed by atoms with Crippen LogP contribution in [0.2, 0.25) is 0 Å². The summed E-state index contributed by atoms with van der Waals surface area (Å²) in [7, 11) is 1.58. The summed E-state index contributed by atoms with van der Waals surface area (Å²) < 4.78 is 5.47. The van der Waals surface area contributed by atoms with Crippen molar-refractivity contribution in [3.8, 4) is 5.75 Å². The van der Waals surface area contributed by atoms with Crippen LogP contribution in [0.4, 0.5) is 11.4 Å². The van der Waals surface area contributed by atoms with Crippen molar-refractivity contribution in [1.82, 2.24) is 10.7 Å². The molecule has 0 aliphatic rings. The summed E-state index contributed by atoms with van der Waals surface area (Å²) >= 11 is 0. The van der Waals surface area contributed by atoms with Crippen LogP contribution < -0.4 is 20.8 Å². The van der Waals surface area contributed by atoms with Crippen LogP contribution in [0.25, 0.3) is 0 Å². The quantitative estimate of drug-likeness (QED) is 0.290. The largest absolute Gasteiger partial charge is 0.495 e. The topological polar surface area (TPSA) is 91.8 Å². The molecule has 0 saturated carbocycles. The minimum absolute atomic E-state index is 0.361. The molecule has 0 aliphatic heterocycles. The number of ether oxygens (including phenoxy) is 1. The lowest BCUT2D eigenvalue weighted by Crippen LogP contribution is -2.38. The highest BCUT2D eigenvalue weighted by Gasteiger charge is 2.13. The summed E-state index contributed by atoms with van der Waals surface area (Å²) in [6, 6.07) is 23.1. The molecule has 0 bridgehead atoms. The molecule has 7 heteroatoms. The van der Waals surface area contributed by atoms with E-state index in [4.69, 9.17) is 4.74 Å². The van der Waals surface area contributed by atoms with Gasteiger partial charge in [0.05, 0.1) is 19.0 Å². The monoisotopic (exact) mass is 430 g/mol. The molecule has 0 unspecified atom stereocenters. The Bertz CT molecular complexity index is 1100. The molecular formula is C25H26N4O3. The fraction of sp³-hybridized carbons (Fsp3) is 0.160. The molecule has 0 spiro atoms. The number of methoxy groups -OCH3 is 1. The van der Waals surface area contributed by atoms with Crippen LogP contribution in [-0.2, 0) is 16.0 Å². The number of aryl methyl sites for hydroxylation is 1. The fourth-order valence-corrected chi connectivity index (χ4v) is 3.06. The molecule has 7 nitrogen and oxygen atoms in total. The van der Waals surface area contributed by atoms with Gasteiger partial charge in [0, 0.05) is 17.8 Å². The maximum atomic E-state index is 12.0. The van der Waals surface area contributed by atoms with E-state index in [1.165, 1.54) is 6.21 Å². The molecule has 0 atom stereocenters. The lowest BCUT2D eigenvalue weighted by atomic mass is 10.1. The van der Waals surface area contributed by atoms with Crippen molar-refractivity contribution in [2.75, 3.05) is 19.0 Å². The van der Waals surface area contributed by atoms with Crippen molar-refractivity contribution in [2.45, 2.75) is 13.3 Å². The van der Waals surface area contributed by atoms with E-state index >= 15 is 0 Å². The molecule has 32 heavy (non-hydrogen) atoms. The first kappa shape index (κ1) is 22.6. The van der Waals surface area contributed by atoms with Gasteiger partial charge in [0.2, 0.25) is 0 Å². The van der Waals surface area contributed by atoms with Gasteiger partial charge in [-0.15, -0.1) is 0 Å². The lowest BCUT2D eigenvalue weighted by molar-refractivity contribution is -0.139. The maximum absolute atomic E-state index is 12.0. The molecule has 3 aromatic carbocycles. The maximum Gasteiger partial charge on any atom is 0.329 e. The van der Waals surface area contributed by atoms with Crippen molar-refractivity contribution in [2.24, 2.45) is 5.10 Å². The summed E-state index contributed by atoms with van der Waals surface area (Å²) in [5, 5.41) is 9.90. The Hall–Kier alpha value is -4.13.